The van der Waals surface area contributed by atoms with Crippen LogP contribution in [0.4, 0.5) is 4.79 Å². The van der Waals surface area contributed by atoms with Crippen molar-refractivity contribution < 1.29 is 14.3 Å². The van der Waals surface area contributed by atoms with Gasteiger partial charge in [-0.05, 0) is 47.9 Å². The first-order valence-corrected chi connectivity index (χ1v) is 8.33. The number of H-pyrrole nitrogens is 1. The lowest BCUT2D eigenvalue weighted by molar-refractivity contribution is 0.0600. The number of esters is 1. The maximum atomic E-state index is 12.1. The molecule has 0 spiro atoms. The predicted molar refractivity (Wildman–Crippen MR) is 99.9 cm³/mol. The fourth-order valence-corrected chi connectivity index (χ4v) is 2.82. The highest BCUT2D eigenvalue weighted by Gasteiger charge is 2.09. The first kappa shape index (κ1) is 17.5. The number of aromatic nitrogens is 1. The highest BCUT2D eigenvalue weighted by molar-refractivity contribution is 5.89. The summed E-state index contributed by atoms with van der Waals surface area (Å²) in [4.78, 5) is 26.9. The number of benzene rings is 2. The number of ether oxygens (including phenoxy) is 1. The van der Waals surface area contributed by atoms with Gasteiger partial charge < -0.3 is 20.4 Å². The van der Waals surface area contributed by atoms with Crippen LogP contribution in [0.1, 0.15) is 27.0 Å². The minimum atomic E-state index is -0.393. The first-order valence-electron chi connectivity index (χ1n) is 8.33. The van der Waals surface area contributed by atoms with Crippen molar-refractivity contribution in [1.29, 1.82) is 0 Å². The minimum Gasteiger partial charge on any atom is -0.465 e. The van der Waals surface area contributed by atoms with E-state index in [0.29, 0.717) is 18.7 Å². The van der Waals surface area contributed by atoms with Gasteiger partial charge in [0.25, 0.3) is 0 Å². The summed E-state index contributed by atoms with van der Waals surface area (Å²) in [5.74, 6) is -0.393. The molecule has 0 saturated carbocycles. The third kappa shape index (κ3) is 3.85. The Bertz CT molecular complexity index is 946. The van der Waals surface area contributed by atoms with Crippen molar-refractivity contribution in [2.24, 2.45) is 0 Å². The molecular formula is C20H21N3O3. The largest absolute Gasteiger partial charge is 0.465 e. The van der Waals surface area contributed by atoms with Gasteiger partial charge in [0.05, 0.1) is 12.7 Å². The van der Waals surface area contributed by atoms with Gasteiger partial charge in [0.1, 0.15) is 0 Å². The van der Waals surface area contributed by atoms with Crippen LogP contribution in [0.3, 0.4) is 0 Å². The van der Waals surface area contributed by atoms with Gasteiger partial charge in [0.15, 0.2) is 0 Å². The number of urea groups is 1. The van der Waals surface area contributed by atoms with Crippen LogP contribution in [0, 0.1) is 6.92 Å². The average molecular weight is 351 g/mol. The molecule has 2 aromatic carbocycles. The van der Waals surface area contributed by atoms with Gasteiger partial charge >= 0.3 is 12.0 Å². The summed E-state index contributed by atoms with van der Waals surface area (Å²) < 4.78 is 4.73. The molecule has 3 rings (SSSR count). The second kappa shape index (κ2) is 7.74. The number of hydrogen-bond donors (Lipinski definition) is 3. The lowest BCUT2D eigenvalue weighted by Gasteiger charge is -2.11. The van der Waals surface area contributed by atoms with Gasteiger partial charge in [0, 0.05) is 30.2 Å². The molecule has 26 heavy (non-hydrogen) atoms. The molecule has 3 aromatic rings. The number of fused-ring (bicyclic) bond motifs is 1. The van der Waals surface area contributed by atoms with Gasteiger partial charge in [-0.3, -0.25) is 0 Å². The second-order valence-electron chi connectivity index (χ2n) is 6.03. The number of aromatic amines is 1. The molecule has 1 aromatic heterocycles. The molecule has 0 aliphatic heterocycles. The van der Waals surface area contributed by atoms with E-state index in [1.807, 2.05) is 43.5 Å². The Labute approximate surface area is 151 Å². The molecular weight excluding hydrogens is 330 g/mol. The SMILES string of the molecule is COC(=O)c1ccc(C)c(CNC(=O)NCc2cccc3[nH]ccc23)c1. The normalized spacial score (nSPS) is 10.5. The average Bonchev–Trinajstić information content (AvgIpc) is 3.14. The Kier molecular flexibility index (Phi) is 5.22. The van der Waals surface area contributed by atoms with Crippen molar-refractivity contribution in [3.63, 3.8) is 0 Å². The maximum Gasteiger partial charge on any atom is 0.337 e. The molecule has 0 aliphatic rings. The number of carbonyl (C=O) groups is 2. The van der Waals surface area contributed by atoms with Crippen LogP contribution in [0.15, 0.2) is 48.7 Å². The minimum absolute atomic E-state index is 0.264. The van der Waals surface area contributed by atoms with Crippen molar-refractivity contribution in [2.75, 3.05) is 7.11 Å². The van der Waals surface area contributed by atoms with Crippen LogP contribution in [0.25, 0.3) is 10.9 Å². The van der Waals surface area contributed by atoms with Crippen LogP contribution < -0.4 is 10.6 Å². The van der Waals surface area contributed by atoms with Crippen LogP contribution >= 0.6 is 0 Å². The van der Waals surface area contributed by atoms with Gasteiger partial charge in [-0.25, -0.2) is 9.59 Å². The fraction of sp³-hybridized carbons (Fsp3) is 0.200. The topological polar surface area (TPSA) is 83.2 Å². The number of carbonyl (C=O) groups excluding carboxylic acids is 2. The number of rotatable bonds is 5. The standard InChI is InChI=1S/C20H21N3O3/c1-13-6-7-14(19(24)26-2)10-16(13)12-23-20(25)22-11-15-4-3-5-18-17(15)8-9-21-18/h3-10,21H,11-12H2,1-2H3,(H2,22,23,25). The van der Waals surface area contributed by atoms with Gasteiger partial charge in [0.2, 0.25) is 0 Å². The quantitative estimate of drug-likeness (QED) is 0.617. The van der Waals surface area contributed by atoms with E-state index in [4.69, 9.17) is 4.74 Å². The molecule has 6 heteroatoms. The van der Waals surface area contributed by atoms with Crippen LogP contribution in [0.5, 0.6) is 0 Å². The van der Waals surface area contributed by atoms with E-state index in [1.54, 1.807) is 12.1 Å². The van der Waals surface area contributed by atoms with Crippen molar-refractivity contribution in [2.45, 2.75) is 20.0 Å². The number of methoxy groups -OCH3 is 1. The van der Waals surface area contributed by atoms with Crippen molar-refractivity contribution in [3.05, 3.63) is 70.9 Å². The van der Waals surface area contributed by atoms with E-state index in [2.05, 4.69) is 15.6 Å². The fourth-order valence-electron chi connectivity index (χ4n) is 2.82. The summed E-state index contributed by atoms with van der Waals surface area (Å²) in [7, 11) is 1.35. The van der Waals surface area contributed by atoms with E-state index in [1.165, 1.54) is 7.11 Å². The third-order valence-corrected chi connectivity index (χ3v) is 4.33. The van der Waals surface area contributed by atoms with Crippen molar-refractivity contribution in [3.8, 4) is 0 Å². The Balaban J connectivity index is 1.59. The Morgan fingerprint density at radius 1 is 1.04 bits per heavy atom. The predicted octanol–water partition coefficient (Wildman–Crippen LogP) is 3.26. The summed E-state index contributed by atoms with van der Waals surface area (Å²) in [5, 5.41) is 6.78. The number of aryl methyl sites for hydroxylation is 1. The highest BCUT2D eigenvalue weighted by atomic mass is 16.5. The number of nitrogens with one attached hydrogen (secondary N) is 3. The Morgan fingerprint density at radius 2 is 1.81 bits per heavy atom. The summed E-state index contributed by atoms with van der Waals surface area (Å²) in [5.41, 5.74) is 4.42. The van der Waals surface area contributed by atoms with Crippen LogP contribution in [-0.4, -0.2) is 24.1 Å². The molecule has 0 unspecified atom stereocenters. The molecule has 134 valence electrons. The highest BCUT2D eigenvalue weighted by Crippen LogP contribution is 2.17. The molecule has 6 nitrogen and oxygen atoms in total. The second-order valence-corrected chi connectivity index (χ2v) is 6.03. The molecule has 1 heterocycles. The van der Waals surface area contributed by atoms with Gasteiger partial charge in [-0.15, -0.1) is 0 Å². The third-order valence-electron chi connectivity index (χ3n) is 4.33. The summed E-state index contributed by atoms with van der Waals surface area (Å²) >= 11 is 0. The zero-order valence-corrected chi connectivity index (χ0v) is 14.8. The number of amides is 2. The van der Waals surface area contributed by atoms with Gasteiger partial charge in [-0.1, -0.05) is 18.2 Å². The maximum absolute atomic E-state index is 12.1. The molecule has 0 atom stereocenters. The lowest BCUT2D eigenvalue weighted by atomic mass is 10.1. The van der Waals surface area contributed by atoms with E-state index >= 15 is 0 Å². The van der Waals surface area contributed by atoms with Crippen LogP contribution in [0.2, 0.25) is 0 Å². The van der Waals surface area contributed by atoms with E-state index < -0.39 is 5.97 Å². The molecule has 0 fully saturated rings. The summed E-state index contributed by atoms with van der Waals surface area (Å²) in [6.07, 6.45) is 1.88. The first-order chi connectivity index (χ1) is 12.6. The molecule has 0 bridgehead atoms. The zero-order valence-electron chi connectivity index (χ0n) is 14.8. The molecule has 3 N–H and O–H groups in total. The molecule has 0 radical (unpaired) electrons. The van der Waals surface area contributed by atoms with Crippen LogP contribution in [-0.2, 0) is 17.8 Å². The smallest absolute Gasteiger partial charge is 0.337 e. The van der Waals surface area contributed by atoms with E-state index in [9.17, 15) is 9.59 Å². The Morgan fingerprint density at radius 3 is 2.58 bits per heavy atom. The zero-order chi connectivity index (χ0) is 18.5. The number of hydrogen-bond acceptors (Lipinski definition) is 3. The molecule has 2 amide bonds. The van der Waals surface area contributed by atoms with Crippen molar-refractivity contribution in [1.82, 2.24) is 15.6 Å². The van der Waals surface area contributed by atoms with Crippen molar-refractivity contribution >= 4 is 22.9 Å². The molecule has 0 saturated heterocycles. The van der Waals surface area contributed by atoms with E-state index in [0.717, 1.165) is 27.6 Å². The Hall–Kier alpha value is -3.28. The van der Waals surface area contributed by atoms with E-state index in [-0.39, 0.29) is 6.03 Å². The molecule has 0 aliphatic carbocycles. The lowest BCUT2D eigenvalue weighted by Crippen LogP contribution is -2.34. The summed E-state index contributed by atoms with van der Waals surface area (Å²) in [6.45, 7) is 2.70. The monoisotopic (exact) mass is 351 g/mol. The summed E-state index contributed by atoms with van der Waals surface area (Å²) in [6, 6.07) is 13.0. The van der Waals surface area contributed by atoms with Gasteiger partial charge in [-0.2, -0.15) is 0 Å².